The third kappa shape index (κ3) is 4.01. The van der Waals surface area contributed by atoms with Crippen molar-refractivity contribution in [1.29, 1.82) is 0 Å². The third-order valence-electron chi connectivity index (χ3n) is 6.47. The Hall–Kier alpha value is -3.77. The van der Waals surface area contributed by atoms with Gasteiger partial charge in [-0.05, 0) is 41.3 Å². The molecule has 0 aliphatic carbocycles. The number of halogens is 1. The van der Waals surface area contributed by atoms with Crippen LogP contribution in [0.5, 0.6) is 0 Å². The molecule has 0 saturated carbocycles. The van der Waals surface area contributed by atoms with Gasteiger partial charge in [-0.15, -0.1) is 0 Å². The number of rotatable bonds is 7. The van der Waals surface area contributed by atoms with Crippen LogP contribution in [0.4, 0.5) is 4.39 Å². The normalized spacial score (nSPS) is 18.9. The Morgan fingerprint density at radius 3 is 2.38 bits per heavy atom. The Kier molecular flexibility index (Phi) is 5.99. The first kappa shape index (κ1) is 22.0. The number of esters is 1. The zero-order valence-electron chi connectivity index (χ0n) is 18.4. The Morgan fingerprint density at radius 2 is 1.68 bits per heavy atom. The fourth-order valence-corrected chi connectivity index (χ4v) is 4.94. The monoisotopic (exact) mass is 457 g/mol. The number of hydrogen-bond acceptors (Lipinski definition) is 4. The number of cyclic esters (lactones) is 1. The summed E-state index contributed by atoms with van der Waals surface area (Å²) in [6, 6.07) is 23.1. The summed E-state index contributed by atoms with van der Waals surface area (Å²) >= 11 is 0. The summed E-state index contributed by atoms with van der Waals surface area (Å²) in [7, 11) is 0. The largest absolute Gasteiger partial charge is 0.453 e. The lowest BCUT2D eigenvalue weighted by Gasteiger charge is -2.21. The number of Topliss-reactive ketones (excluding diaryl/α,β-unsaturated/α-hetero) is 1. The molecule has 3 atom stereocenters. The Morgan fingerprint density at radius 1 is 0.971 bits per heavy atom. The molecule has 2 N–H and O–H groups in total. The van der Waals surface area contributed by atoms with Gasteiger partial charge in [0.15, 0.2) is 11.9 Å². The highest BCUT2D eigenvalue weighted by Gasteiger charge is 2.49. The molecule has 1 aliphatic rings. The fraction of sp³-hybridized carbons (Fsp3) is 0.214. The van der Waals surface area contributed by atoms with Crippen LogP contribution >= 0.6 is 0 Å². The molecule has 1 fully saturated rings. The molecule has 1 saturated heterocycles. The maximum Gasteiger partial charge on any atom is 0.318 e. The van der Waals surface area contributed by atoms with E-state index in [2.05, 4.69) is 4.98 Å². The maximum absolute atomic E-state index is 14.0. The second-order valence-corrected chi connectivity index (χ2v) is 8.56. The number of carbonyl (C=O) groups excluding carboxylic acids is 2. The van der Waals surface area contributed by atoms with E-state index in [0.717, 1.165) is 22.1 Å². The molecule has 6 heteroatoms. The Balaban J connectivity index is 1.61. The van der Waals surface area contributed by atoms with Gasteiger partial charge in [-0.2, -0.15) is 0 Å². The van der Waals surface area contributed by atoms with Crippen molar-refractivity contribution in [2.75, 3.05) is 6.61 Å². The minimum Gasteiger partial charge on any atom is -0.453 e. The number of H-pyrrole nitrogens is 1. The van der Waals surface area contributed by atoms with Crippen molar-refractivity contribution in [3.8, 4) is 0 Å². The van der Waals surface area contributed by atoms with E-state index in [-0.39, 0.29) is 12.4 Å². The summed E-state index contributed by atoms with van der Waals surface area (Å²) in [5, 5.41) is 10.5. The van der Waals surface area contributed by atoms with Crippen molar-refractivity contribution >= 4 is 22.7 Å². The minimum atomic E-state index is -1.05. The van der Waals surface area contributed by atoms with E-state index in [0.29, 0.717) is 24.1 Å². The molecule has 1 aromatic heterocycles. The molecule has 0 radical (unpaired) electrons. The molecule has 3 aromatic carbocycles. The number of ether oxygens (including phenoxy) is 1. The molecule has 172 valence electrons. The molecule has 2 heterocycles. The number of carbonyl (C=O) groups is 2. The van der Waals surface area contributed by atoms with E-state index in [1.807, 2.05) is 60.7 Å². The number of aliphatic hydroxyl groups is 1. The van der Waals surface area contributed by atoms with Crippen molar-refractivity contribution in [3.63, 3.8) is 0 Å². The zero-order valence-corrected chi connectivity index (χ0v) is 18.4. The van der Waals surface area contributed by atoms with Crippen molar-refractivity contribution in [2.24, 2.45) is 5.92 Å². The quantitative estimate of drug-likeness (QED) is 0.320. The van der Waals surface area contributed by atoms with Gasteiger partial charge in [-0.25, -0.2) is 4.39 Å². The second-order valence-electron chi connectivity index (χ2n) is 8.56. The highest BCUT2D eigenvalue weighted by molar-refractivity contribution is 6.08. The summed E-state index contributed by atoms with van der Waals surface area (Å²) in [5.74, 6) is -2.95. The predicted octanol–water partition coefficient (Wildman–Crippen LogP) is 4.33. The highest BCUT2D eigenvalue weighted by Crippen LogP contribution is 2.41. The number of hydrogen-bond donors (Lipinski definition) is 2. The number of fused-ring (bicyclic) bond motifs is 1. The van der Waals surface area contributed by atoms with Gasteiger partial charge in [0.25, 0.3) is 0 Å². The number of aliphatic hydroxyl groups excluding tert-OH is 1. The second kappa shape index (κ2) is 9.23. The minimum absolute atomic E-state index is 0.126. The maximum atomic E-state index is 14.0. The van der Waals surface area contributed by atoms with E-state index >= 15 is 0 Å². The van der Waals surface area contributed by atoms with Crippen molar-refractivity contribution in [1.82, 2.24) is 4.98 Å². The molecule has 1 aliphatic heterocycles. The van der Waals surface area contributed by atoms with E-state index < -0.39 is 29.7 Å². The fourth-order valence-electron chi connectivity index (χ4n) is 4.94. The average molecular weight is 458 g/mol. The smallest absolute Gasteiger partial charge is 0.318 e. The van der Waals surface area contributed by atoms with Crippen molar-refractivity contribution in [3.05, 3.63) is 107 Å². The number of aromatic amines is 1. The predicted molar refractivity (Wildman–Crippen MR) is 126 cm³/mol. The van der Waals surface area contributed by atoms with E-state index in [1.165, 1.54) is 12.1 Å². The van der Waals surface area contributed by atoms with Crippen LogP contribution in [-0.2, 0) is 27.2 Å². The third-order valence-corrected chi connectivity index (χ3v) is 6.47. The number of benzene rings is 3. The first-order chi connectivity index (χ1) is 16.6. The zero-order chi connectivity index (χ0) is 23.7. The molecule has 0 spiro atoms. The standard InChI is InChI=1S/C28H24FNO4/c29-19-11-12-20-21(13-14-31)26(30-22(20)16-19)24(18-9-5-2-6-10-18)25-27(32)23(34-28(25)33)15-17-7-3-1-4-8-17/h1-12,16,23-25,30-31H,13-15H2. The Bertz CT molecular complexity index is 1330. The van der Waals surface area contributed by atoms with Gasteiger partial charge in [-0.3, -0.25) is 9.59 Å². The molecule has 3 unspecified atom stereocenters. The van der Waals surface area contributed by atoms with E-state index in [4.69, 9.17) is 4.74 Å². The van der Waals surface area contributed by atoms with Crippen LogP contribution in [0.3, 0.4) is 0 Å². The lowest BCUT2D eigenvalue weighted by molar-refractivity contribution is -0.144. The van der Waals surface area contributed by atoms with Gasteiger partial charge in [-0.1, -0.05) is 60.7 Å². The summed E-state index contributed by atoms with van der Waals surface area (Å²) in [6.45, 7) is -0.126. The van der Waals surface area contributed by atoms with E-state index in [1.54, 1.807) is 6.07 Å². The van der Waals surface area contributed by atoms with Crippen LogP contribution in [0, 0.1) is 11.7 Å². The van der Waals surface area contributed by atoms with Gasteiger partial charge in [0.1, 0.15) is 11.7 Å². The molecule has 0 amide bonds. The summed E-state index contributed by atoms with van der Waals surface area (Å²) in [5.41, 5.74) is 3.62. The van der Waals surface area contributed by atoms with Crippen LogP contribution in [0.15, 0.2) is 78.9 Å². The van der Waals surface area contributed by atoms with Crippen LogP contribution < -0.4 is 0 Å². The molecule has 5 nitrogen and oxygen atoms in total. The summed E-state index contributed by atoms with van der Waals surface area (Å²) < 4.78 is 19.6. The van der Waals surface area contributed by atoms with Crippen LogP contribution in [0.25, 0.3) is 10.9 Å². The van der Waals surface area contributed by atoms with Crippen molar-refractivity contribution in [2.45, 2.75) is 24.9 Å². The first-order valence-electron chi connectivity index (χ1n) is 11.3. The SMILES string of the molecule is O=C1OC(Cc2ccccc2)C(=O)C1C(c1ccccc1)c1[nH]c2cc(F)ccc2c1CCO. The number of nitrogens with one attached hydrogen (secondary N) is 1. The number of aromatic nitrogens is 1. The lowest BCUT2D eigenvalue weighted by Crippen LogP contribution is -2.29. The van der Waals surface area contributed by atoms with Gasteiger partial charge in [0, 0.05) is 35.5 Å². The molecule has 34 heavy (non-hydrogen) atoms. The first-order valence-corrected chi connectivity index (χ1v) is 11.3. The van der Waals surface area contributed by atoms with Gasteiger partial charge in [0.2, 0.25) is 0 Å². The molecule has 0 bridgehead atoms. The van der Waals surface area contributed by atoms with Gasteiger partial charge >= 0.3 is 5.97 Å². The van der Waals surface area contributed by atoms with Crippen LogP contribution in [-0.4, -0.2) is 34.6 Å². The molecule has 5 rings (SSSR count). The van der Waals surface area contributed by atoms with Gasteiger partial charge < -0.3 is 14.8 Å². The van der Waals surface area contributed by atoms with Gasteiger partial charge in [0.05, 0.1) is 0 Å². The van der Waals surface area contributed by atoms with Crippen LogP contribution in [0.2, 0.25) is 0 Å². The topological polar surface area (TPSA) is 79.4 Å². The molecular weight excluding hydrogens is 433 g/mol. The van der Waals surface area contributed by atoms with Crippen molar-refractivity contribution < 1.29 is 23.8 Å². The average Bonchev–Trinajstić information content (AvgIpc) is 3.32. The molecular formula is C28H24FNO4. The van der Waals surface area contributed by atoms with Crippen LogP contribution in [0.1, 0.15) is 28.3 Å². The summed E-state index contributed by atoms with van der Waals surface area (Å²) in [6.07, 6.45) is -0.257. The molecule has 4 aromatic rings. The summed E-state index contributed by atoms with van der Waals surface area (Å²) in [4.78, 5) is 30.0. The highest BCUT2D eigenvalue weighted by atomic mass is 19.1. The van der Waals surface area contributed by atoms with E-state index in [9.17, 15) is 19.1 Å². The Labute approximate surface area is 196 Å². The lowest BCUT2D eigenvalue weighted by atomic mass is 9.79. The number of ketones is 1.